The van der Waals surface area contributed by atoms with E-state index in [1.807, 2.05) is 77.4 Å². The molecule has 12 aromatic rings. The quantitative estimate of drug-likeness (QED) is 0.168. The van der Waals surface area contributed by atoms with E-state index in [2.05, 4.69) is 124 Å². The molecule has 0 saturated carbocycles. The molecular formula is C47H28N3OPS2. The van der Waals surface area contributed by atoms with Gasteiger partial charge in [-0.2, -0.15) is 0 Å². The van der Waals surface area contributed by atoms with Crippen molar-refractivity contribution in [3.63, 3.8) is 0 Å². The van der Waals surface area contributed by atoms with Crippen molar-refractivity contribution >= 4 is 125 Å². The second-order valence-electron chi connectivity index (χ2n) is 13.8. The lowest BCUT2D eigenvalue weighted by molar-refractivity contribution is 0.583. The first-order valence-corrected chi connectivity index (χ1v) is 21.3. The monoisotopic (exact) mass is 745 g/mol. The summed E-state index contributed by atoms with van der Waals surface area (Å²) < 4.78 is 25.8. The van der Waals surface area contributed by atoms with Crippen molar-refractivity contribution in [1.29, 1.82) is 0 Å². The van der Waals surface area contributed by atoms with Crippen LogP contribution in [0.2, 0.25) is 0 Å². The lowest BCUT2D eigenvalue weighted by atomic mass is 10.1. The first-order valence-electron chi connectivity index (χ1n) is 18.0. The highest BCUT2D eigenvalue weighted by atomic mass is 32.1. The minimum atomic E-state index is -3.53. The number of benzene rings is 7. The zero-order valence-corrected chi connectivity index (χ0v) is 31.2. The van der Waals surface area contributed by atoms with Crippen LogP contribution in [0.3, 0.4) is 0 Å². The number of aromatic nitrogens is 3. The minimum Gasteiger partial charge on any atom is -0.294 e. The fourth-order valence-electron chi connectivity index (χ4n) is 8.78. The fourth-order valence-corrected chi connectivity index (χ4v) is 13.8. The average Bonchev–Trinajstić information content (AvgIpc) is 3.98. The molecule has 5 aromatic heterocycles. The SMILES string of the molecule is O=P(c1ccccc1)(c1ccc(-n2c3ccccc3c3c4c(ccc32)sc2ccccc24)nc1)n1c2ccccc2c2c3c(ccc21)sc1ccccc13. The molecule has 0 aliphatic heterocycles. The van der Waals surface area contributed by atoms with Gasteiger partial charge in [0.2, 0.25) is 7.29 Å². The molecule has 5 heterocycles. The summed E-state index contributed by atoms with van der Waals surface area (Å²) in [5.74, 6) is 0.789. The first-order chi connectivity index (χ1) is 26.7. The number of pyridine rings is 1. The van der Waals surface area contributed by atoms with Crippen LogP contribution in [0.4, 0.5) is 0 Å². The van der Waals surface area contributed by atoms with E-state index in [4.69, 9.17) is 4.98 Å². The summed E-state index contributed by atoms with van der Waals surface area (Å²) in [5.41, 5.74) is 4.10. The summed E-state index contributed by atoms with van der Waals surface area (Å²) in [6, 6.07) is 57.2. The van der Waals surface area contributed by atoms with E-state index < -0.39 is 7.29 Å². The van der Waals surface area contributed by atoms with Crippen LogP contribution in [0.5, 0.6) is 0 Å². The van der Waals surface area contributed by atoms with Gasteiger partial charge in [0.1, 0.15) is 5.82 Å². The van der Waals surface area contributed by atoms with Crippen molar-refractivity contribution < 1.29 is 4.57 Å². The Balaban J connectivity index is 1.13. The van der Waals surface area contributed by atoms with Crippen molar-refractivity contribution in [2.75, 3.05) is 0 Å². The maximum Gasteiger partial charge on any atom is 0.235 e. The molecule has 7 heteroatoms. The van der Waals surface area contributed by atoms with E-state index in [-0.39, 0.29) is 0 Å². The van der Waals surface area contributed by atoms with Crippen molar-refractivity contribution in [3.05, 3.63) is 170 Å². The van der Waals surface area contributed by atoms with Gasteiger partial charge in [0.25, 0.3) is 0 Å². The van der Waals surface area contributed by atoms with E-state index in [1.165, 1.54) is 51.1 Å². The standard InChI is InChI=1S/C47H28N3OPS2/c51-52(29-12-2-1-3-13-29,50-36-19-9-5-15-32(36)45-38(50)24-26-42-47(45)34-17-7-11-21-40(34)54-42)30-22-27-43(48-28-30)49-35-18-8-4-14-31(35)44-37(49)23-25-41-46(44)33-16-6-10-20-39(33)53-41/h1-28H. The predicted octanol–water partition coefficient (Wildman–Crippen LogP) is 12.8. The smallest absolute Gasteiger partial charge is 0.235 e. The summed E-state index contributed by atoms with van der Waals surface area (Å²) >= 11 is 3.64. The van der Waals surface area contributed by atoms with Crippen LogP contribution < -0.4 is 10.6 Å². The Labute approximate surface area is 317 Å². The molecule has 0 spiro atoms. The first kappa shape index (κ1) is 30.4. The Kier molecular flexibility index (Phi) is 6.33. The second kappa shape index (κ2) is 11.2. The van der Waals surface area contributed by atoms with E-state index in [1.54, 1.807) is 0 Å². The molecule has 0 radical (unpaired) electrons. The van der Waals surface area contributed by atoms with Gasteiger partial charge in [0.05, 0.1) is 27.4 Å². The van der Waals surface area contributed by atoms with E-state index >= 15 is 4.57 Å². The van der Waals surface area contributed by atoms with Gasteiger partial charge in [-0.05, 0) is 72.8 Å². The summed E-state index contributed by atoms with van der Waals surface area (Å²) in [6.45, 7) is 0. The van der Waals surface area contributed by atoms with Gasteiger partial charge in [0, 0.05) is 73.4 Å². The maximum atomic E-state index is 16.4. The number of fused-ring (bicyclic) bond motifs is 14. The Bertz CT molecular complexity index is 3540. The van der Waals surface area contributed by atoms with Crippen LogP contribution in [0.1, 0.15) is 0 Å². The van der Waals surface area contributed by atoms with E-state index in [9.17, 15) is 0 Å². The Hall–Kier alpha value is -6.04. The lowest BCUT2D eigenvalue weighted by Crippen LogP contribution is -2.22. The molecule has 0 bridgehead atoms. The molecule has 0 N–H and O–H groups in total. The molecule has 1 unspecified atom stereocenters. The highest BCUT2D eigenvalue weighted by molar-refractivity contribution is 7.77. The molecular weight excluding hydrogens is 718 g/mol. The summed E-state index contributed by atoms with van der Waals surface area (Å²) in [5, 5.41) is 11.1. The number of thiophene rings is 2. The Morgan fingerprint density at radius 1 is 0.407 bits per heavy atom. The number of rotatable bonds is 4. The topological polar surface area (TPSA) is 39.8 Å². The Morgan fingerprint density at radius 2 is 0.944 bits per heavy atom. The average molecular weight is 746 g/mol. The van der Waals surface area contributed by atoms with Gasteiger partial charge in [0.15, 0.2) is 0 Å². The molecule has 1 atom stereocenters. The molecule has 254 valence electrons. The van der Waals surface area contributed by atoms with Crippen LogP contribution in [0.25, 0.3) is 89.8 Å². The number of hydrogen-bond donors (Lipinski definition) is 0. The van der Waals surface area contributed by atoms with Crippen LogP contribution in [-0.2, 0) is 4.57 Å². The number of para-hydroxylation sites is 2. The van der Waals surface area contributed by atoms with E-state index in [0.717, 1.165) is 44.0 Å². The van der Waals surface area contributed by atoms with Gasteiger partial charge < -0.3 is 0 Å². The fraction of sp³-hybridized carbons (Fsp3) is 0. The van der Waals surface area contributed by atoms with Crippen LogP contribution in [0, 0.1) is 0 Å². The zero-order valence-electron chi connectivity index (χ0n) is 28.7. The Morgan fingerprint density at radius 3 is 1.59 bits per heavy atom. The van der Waals surface area contributed by atoms with Crippen molar-refractivity contribution in [3.8, 4) is 5.82 Å². The third-order valence-corrected chi connectivity index (χ3v) is 16.3. The van der Waals surface area contributed by atoms with E-state index in [0.29, 0.717) is 5.30 Å². The van der Waals surface area contributed by atoms with Gasteiger partial charge in [-0.15, -0.1) is 22.7 Å². The van der Waals surface area contributed by atoms with Crippen molar-refractivity contribution in [2.24, 2.45) is 0 Å². The lowest BCUT2D eigenvalue weighted by Gasteiger charge is -2.23. The molecule has 4 nitrogen and oxygen atoms in total. The molecule has 54 heavy (non-hydrogen) atoms. The number of hydrogen-bond acceptors (Lipinski definition) is 4. The summed E-state index contributed by atoms with van der Waals surface area (Å²) in [7, 11) is -3.53. The molecule has 7 aromatic carbocycles. The number of nitrogens with zero attached hydrogens (tertiary/aromatic N) is 3. The van der Waals surface area contributed by atoms with Gasteiger partial charge >= 0.3 is 0 Å². The molecule has 0 saturated heterocycles. The summed E-state index contributed by atoms with van der Waals surface area (Å²) in [4.78, 5) is 5.18. The zero-order chi connectivity index (χ0) is 35.5. The van der Waals surface area contributed by atoms with Crippen LogP contribution >= 0.6 is 30.0 Å². The van der Waals surface area contributed by atoms with Crippen LogP contribution in [0.15, 0.2) is 170 Å². The second-order valence-corrected chi connectivity index (χ2v) is 18.6. The summed E-state index contributed by atoms with van der Waals surface area (Å²) in [6.07, 6.45) is 1.85. The maximum absolute atomic E-state index is 16.4. The van der Waals surface area contributed by atoms with Gasteiger partial charge in [-0.25, -0.2) is 4.98 Å². The molecule has 12 rings (SSSR count). The molecule has 0 amide bonds. The third kappa shape index (κ3) is 4.02. The van der Waals surface area contributed by atoms with Gasteiger partial charge in [-0.1, -0.05) is 91.0 Å². The van der Waals surface area contributed by atoms with Gasteiger partial charge in [-0.3, -0.25) is 13.5 Å². The largest absolute Gasteiger partial charge is 0.294 e. The highest BCUT2D eigenvalue weighted by Crippen LogP contribution is 2.53. The third-order valence-electron chi connectivity index (χ3n) is 11.0. The van der Waals surface area contributed by atoms with Crippen molar-refractivity contribution in [2.45, 2.75) is 0 Å². The minimum absolute atomic E-state index is 0.683. The van der Waals surface area contributed by atoms with Crippen LogP contribution in [-0.4, -0.2) is 13.9 Å². The van der Waals surface area contributed by atoms with Crippen molar-refractivity contribution in [1.82, 2.24) is 13.9 Å². The molecule has 0 fully saturated rings. The predicted molar refractivity (Wildman–Crippen MR) is 233 cm³/mol. The molecule has 0 aliphatic carbocycles. The normalized spacial score (nSPS) is 13.4. The highest BCUT2D eigenvalue weighted by Gasteiger charge is 2.34. The molecule has 0 aliphatic rings.